The van der Waals surface area contributed by atoms with E-state index >= 15 is 0 Å². The summed E-state index contributed by atoms with van der Waals surface area (Å²) >= 11 is 0. The maximum absolute atomic E-state index is 13.2. The molecule has 0 atom stereocenters. The normalized spacial score (nSPS) is 11.1. The highest BCUT2D eigenvalue weighted by atomic mass is 16.2. The molecule has 170 valence electrons. The number of urea groups is 1. The SMILES string of the molecule is CCCN(CC(=O)N(Cc1cccn1C)CC(C)C)C(=O)Nc1ccc(C(C)C)cc1. The first kappa shape index (κ1) is 24.5. The largest absolute Gasteiger partial charge is 0.353 e. The number of benzene rings is 1. The molecule has 0 unspecified atom stereocenters. The number of aryl methyl sites for hydroxylation is 1. The van der Waals surface area contributed by atoms with Crippen LogP contribution < -0.4 is 5.32 Å². The molecule has 0 aliphatic heterocycles. The smallest absolute Gasteiger partial charge is 0.322 e. The van der Waals surface area contributed by atoms with Gasteiger partial charge in [0.1, 0.15) is 6.54 Å². The molecule has 2 rings (SSSR count). The van der Waals surface area contributed by atoms with E-state index in [-0.39, 0.29) is 18.5 Å². The molecule has 31 heavy (non-hydrogen) atoms. The van der Waals surface area contributed by atoms with Crippen LogP contribution in [0.3, 0.4) is 0 Å². The summed E-state index contributed by atoms with van der Waals surface area (Å²) in [6, 6.07) is 11.7. The number of carbonyl (C=O) groups excluding carboxylic acids is 2. The molecule has 6 nitrogen and oxygen atoms in total. The molecule has 1 N–H and O–H groups in total. The molecule has 0 saturated heterocycles. The minimum Gasteiger partial charge on any atom is -0.353 e. The van der Waals surface area contributed by atoms with E-state index < -0.39 is 0 Å². The maximum Gasteiger partial charge on any atom is 0.322 e. The highest BCUT2D eigenvalue weighted by Gasteiger charge is 2.22. The molecular weight excluding hydrogens is 388 g/mol. The Kier molecular flexibility index (Phi) is 9.16. The Bertz CT molecular complexity index is 839. The number of rotatable bonds is 10. The second kappa shape index (κ2) is 11.6. The molecule has 0 aliphatic rings. The van der Waals surface area contributed by atoms with Gasteiger partial charge in [0, 0.05) is 37.7 Å². The van der Waals surface area contributed by atoms with Crippen LogP contribution in [0.4, 0.5) is 10.5 Å². The van der Waals surface area contributed by atoms with Gasteiger partial charge in [0.25, 0.3) is 0 Å². The summed E-state index contributed by atoms with van der Waals surface area (Å²) in [4.78, 5) is 29.5. The molecule has 0 saturated carbocycles. The summed E-state index contributed by atoms with van der Waals surface area (Å²) in [6.45, 7) is 12.3. The molecule has 3 amide bonds. The lowest BCUT2D eigenvalue weighted by Gasteiger charge is -2.29. The van der Waals surface area contributed by atoms with E-state index in [9.17, 15) is 9.59 Å². The van der Waals surface area contributed by atoms with Gasteiger partial charge in [-0.05, 0) is 48.1 Å². The molecule has 1 heterocycles. The minimum absolute atomic E-state index is 0.0337. The summed E-state index contributed by atoms with van der Waals surface area (Å²) in [6.07, 6.45) is 2.77. The molecule has 2 aromatic rings. The summed E-state index contributed by atoms with van der Waals surface area (Å²) < 4.78 is 2.03. The van der Waals surface area contributed by atoms with Gasteiger partial charge in [0.05, 0.1) is 6.54 Å². The molecule has 6 heteroatoms. The molecule has 0 spiro atoms. The van der Waals surface area contributed by atoms with Crippen LogP contribution in [0.15, 0.2) is 42.6 Å². The van der Waals surface area contributed by atoms with E-state index in [1.54, 1.807) is 4.90 Å². The fraction of sp³-hybridized carbons (Fsp3) is 0.520. The van der Waals surface area contributed by atoms with Crippen molar-refractivity contribution in [1.82, 2.24) is 14.4 Å². The number of aromatic nitrogens is 1. The van der Waals surface area contributed by atoms with Crippen molar-refractivity contribution in [2.24, 2.45) is 13.0 Å². The van der Waals surface area contributed by atoms with Crippen molar-refractivity contribution in [3.63, 3.8) is 0 Å². The lowest BCUT2D eigenvalue weighted by atomic mass is 10.0. The zero-order valence-electron chi connectivity index (χ0n) is 19.9. The fourth-order valence-corrected chi connectivity index (χ4v) is 3.49. The molecule has 0 bridgehead atoms. The van der Waals surface area contributed by atoms with Crippen LogP contribution in [-0.4, -0.2) is 45.9 Å². The average Bonchev–Trinajstić information content (AvgIpc) is 3.11. The Hall–Kier alpha value is -2.76. The van der Waals surface area contributed by atoms with Crippen molar-refractivity contribution in [3.8, 4) is 0 Å². The van der Waals surface area contributed by atoms with Crippen LogP contribution in [0, 0.1) is 5.92 Å². The average molecular weight is 427 g/mol. The number of nitrogens with one attached hydrogen (secondary N) is 1. The van der Waals surface area contributed by atoms with Gasteiger partial charge < -0.3 is 19.7 Å². The summed E-state index contributed by atoms with van der Waals surface area (Å²) in [5.41, 5.74) is 3.04. The van der Waals surface area contributed by atoms with Gasteiger partial charge in [-0.1, -0.05) is 46.8 Å². The first-order valence-electron chi connectivity index (χ1n) is 11.2. The van der Waals surface area contributed by atoms with E-state index in [1.165, 1.54) is 5.56 Å². The van der Waals surface area contributed by atoms with Crippen molar-refractivity contribution < 1.29 is 9.59 Å². The third-order valence-electron chi connectivity index (χ3n) is 5.28. The first-order valence-corrected chi connectivity index (χ1v) is 11.2. The topological polar surface area (TPSA) is 57.6 Å². The third-order valence-corrected chi connectivity index (χ3v) is 5.28. The first-order chi connectivity index (χ1) is 14.7. The van der Waals surface area contributed by atoms with Gasteiger partial charge in [-0.15, -0.1) is 0 Å². The Morgan fingerprint density at radius 3 is 2.23 bits per heavy atom. The van der Waals surface area contributed by atoms with Crippen LogP contribution in [0.5, 0.6) is 0 Å². The van der Waals surface area contributed by atoms with Gasteiger partial charge in [-0.25, -0.2) is 4.79 Å². The molecule has 1 aromatic carbocycles. The zero-order valence-corrected chi connectivity index (χ0v) is 19.9. The number of amides is 3. The van der Waals surface area contributed by atoms with Crippen molar-refractivity contribution in [2.75, 3.05) is 25.0 Å². The van der Waals surface area contributed by atoms with E-state index in [2.05, 4.69) is 33.0 Å². The van der Waals surface area contributed by atoms with Crippen molar-refractivity contribution in [2.45, 2.75) is 53.5 Å². The molecule has 0 fully saturated rings. The van der Waals surface area contributed by atoms with Crippen molar-refractivity contribution in [1.29, 1.82) is 0 Å². The van der Waals surface area contributed by atoms with Gasteiger partial charge in [-0.2, -0.15) is 0 Å². The molecular formula is C25H38N4O2. The quantitative estimate of drug-likeness (QED) is 0.576. The monoisotopic (exact) mass is 426 g/mol. The lowest BCUT2D eigenvalue weighted by molar-refractivity contribution is -0.133. The Morgan fingerprint density at radius 2 is 1.71 bits per heavy atom. The van der Waals surface area contributed by atoms with Crippen LogP contribution >= 0.6 is 0 Å². The second-order valence-corrected chi connectivity index (χ2v) is 8.91. The summed E-state index contributed by atoms with van der Waals surface area (Å²) in [5, 5.41) is 2.94. The number of anilines is 1. The third kappa shape index (κ3) is 7.46. The summed E-state index contributed by atoms with van der Waals surface area (Å²) in [5.74, 6) is 0.751. The number of hydrogen-bond acceptors (Lipinski definition) is 2. The van der Waals surface area contributed by atoms with Gasteiger partial charge in [0.2, 0.25) is 5.91 Å². The zero-order chi connectivity index (χ0) is 23.0. The van der Waals surface area contributed by atoms with Crippen LogP contribution in [0.1, 0.15) is 58.2 Å². The second-order valence-electron chi connectivity index (χ2n) is 8.91. The Labute approximate surface area is 187 Å². The lowest BCUT2D eigenvalue weighted by Crippen LogP contribution is -2.45. The highest BCUT2D eigenvalue weighted by molar-refractivity contribution is 5.92. The molecule has 0 radical (unpaired) electrons. The Balaban J connectivity index is 2.08. The van der Waals surface area contributed by atoms with E-state index in [4.69, 9.17) is 0 Å². The van der Waals surface area contributed by atoms with E-state index in [0.29, 0.717) is 31.5 Å². The van der Waals surface area contributed by atoms with Crippen molar-refractivity contribution >= 4 is 17.6 Å². The van der Waals surface area contributed by atoms with Crippen molar-refractivity contribution in [3.05, 3.63) is 53.9 Å². The molecule has 0 aliphatic carbocycles. The van der Waals surface area contributed by atoms with Crippen LogP contribution in [0.2, 0.25) is 0 Å². The number of hydrogen-bond donors (Lipinski definition) is 1. The number of carbonyl (C=O) groups is 2. The predicted molar refractivity (Wildman–Crippen MR) is 127 cm³/mol. The predicted octanol–water partition coefficient (Wildman–Crippen LogP) is 5.08. The van der Waals surface area contributed by atoms with E-state index in [0.717, 1.165) is 17.8 Å². The summed E-state index contributed by atoms with van der Waals surface area (Å²) in [7, 11) is 1.98. The highest BCUT2D eigenvalue weighted by Crippen LogP contribution is 2.17. The van der Waals surface area contributed by atoms with Crippen LogP contribution in [-0.2, 0) is 18.4 Å². The fourth-order valence-electron chi connectivity index (χ4n) is 3.49. The van der Waals surface area contributed by atoms with Gasteiger partial charge >= 0.3 is 6.03 Å². The van der Waals surface area contributed by atoms with E-state index in [1.807, 2.05) is 66.0 Å². The Morgan fingerprint density at radius 1 is 1.03 bits per heavy atom. The van der Waals surface area contributed by atoms with Crippen LogP contribution in [0.25, 0.3) is 0 Å². The number of nitrogens with zero attached hydrogens (tertiary/aromatic N) is 3. The van der Waals surface area contributed by atoms with Gasteiger partial charge in [0.15, 0.2) is 0 Å². The maximum atomic E-state index is 13.2. The minimum atomic E-state index is -0.240. The van der Waals surface area contributed by atoms with Gasteiger partial charge in [-0.3, -0.25) is 4.79 Å². The molecule has 1 aromatic heterocycles. The standard InChI is InChI=1S/C25H38N4O2/c1-7-14-28(25(31)26-22-12-10-21(11-13-22)20(4)5)18-24(30)29(16-19(2)3)17-23-9-8-15-27(23)6/h8-13,15,19-20H,7,14,16-18H2,1-6H3,(H,26,31).